The van der Waals surface area contributed by atoms with Crippen LogP contribution in [-0.4, -0.2) is 56.7 Å². The van der Waals surface area contributed by atoms with Crippen LogP contribution in [-0.2, 0) is 0 Å². The Bertz CT molecular complexity index is 880. The van der Waals surface area contributed by atoms with Crippen molar-refractivity contribution in [2.75, 3.05) is 40.5 Å². The average Bonchev–Trinajstić information content (AvgIpc) is 3.21. The Morgan fingerprint density at radius 2 is 1.75 bits per heavy atom. The fraction of sp³-hybridized carbons (Fsp3) is 0.333. The van der Waals surface area contributed by atoms with Gasteiger partial charge in [-0.15, -0.1) is 0 Å². The summed E-state index contributed by atoms with van der Waals surface area (Å²) in [4.78, 5) is 3.14. The van der Waals surface area contributed by atoms with Gasteiger partial charge < -0.3 is 34.4 Å². The summed E-state index contributed by atoms with van der Waals surface area (Å²) in [5, 5.41) is 14.3. The summed E-state index contributed by atoms with van der Waals surface area (Å²) in [7, 11) is 3.21. The van der Waals surface area contributed by atoms with Crippen LogP contribution in [0.4, 0.5) is 0 Å². The Hall–Kier alpha value is -2.90. The van der Waals surface area contributed by atoms with Gasteiger partial charge in [0.1, 0.15) is 19.3 Å². The summed E-state index contributed by atoms with van der Waals surface area (Å²) >= 11 is 0. The minimum Gasteiger partial charge on any atom is -0.493 e. The molecule has 0 unspecified atom stereocenters. The van der Waals surface area contributed by atoms with Crippen molar-refractivity contribution in [2.45, 2.75) is 6.10 Å². The van der Waals surface area contributed by atoms with Gasteiger partial charge in [0.2, 0.25) is 0 Å². The van der Waals surface area contributed by atoms with Gasteiger partial charge in [0.15, 0.2) is 23.0 Å². The van der Waals surface area contributed by atoms with E-state index in [-0.39, 0.29) is 6.61 Å². The van der Waals surface area contributed by atoms with Crippen LogP contribution in [0.2, 0.25) is 0 Å². The molecular weight excluding hydrogens is 360 g/mol. The Kier molecular flexibility index (Phi) is 7.00. The minimum absolute atomic E-state index is 0.154. The predicted octanol–water partition coefficient (Wildman–Crippen LogP) is 2.59. The van der Waals surface area contributed by atoms with Crippen molar-refractivity contribution in [1.29, 1.82) is 0 Å². The van der Waals surface area contributed by atoms with Gasteiger partial charge in [-0.05, 0) is 30.3 Å². The lowest BCUT2D eigenvalue weighted by molar-refractivity contribution is 0.104. The standard InChI is InChI=1S/C21H26N2O5/c1-25-18-5-3-4-6-19(18)27-12-11-22-13-15(24)14-28-21-16-9-10-23-17(16)7-8-20(21)26-2/h3-10,15,22-24H,11-14H2,1-2H3/t15-/m1/s1. The van der Waals surface area contributed by atoms with Crippen LogP contribution in [0.5, 0.6) is 23.0 Å². The molecule has 7 nitrogen and oxygen atoms in total. The summed E-state index contributed by atoms with van der Waals surface area (Å²) in [5.74, 6) is 2.66. The lowest BCUT2D eigenvalue weighted by Gasteiger charge is -2.16. The van der Waals surface area contributed by atoms with Crippen molar-refractivity contribution in [1.82, 2.24) is 10.3 Å². The zero-order valence-corrected chi connectivity index (χ0v) is 16.1. The quantitative estimate of drug-likeness (QED) is 0.439. The Morgan fingerprint density at radius 3 is 2.54 bits per heavy atom. The monoisotopic (exact) mass is 386 g/mol. The van der Waals surface area contributed by atoms with Crippen LogP contribution < -0.4 is 24.3 Å². The van der Waals surface area contributed by atoms with Crippen LogP contribution >= 0.6 is 0 Å². The first-order valence-electron chi connectivity index (χ1n) is 9.14. The number of hydrogen-bond donors (Lipinski definition) is 3. The molecule has 0 saturated carbocycles. The second-order valence-corrected chi connectivity index (χ2v) is 6.20. The molecule has 0 radical (unpaired) electrons. The van der Waals surface area contributed by atoms with E-state index in [1.54, 1.807) is 14.2 Å². The maximum absolute atomic E-state index is 10.2. The molecule has 0 bridgehead atoms. The number of rotatable bonds is 11. The molecule has 0 saturated heterocycles. The Balaban J connectivity index is 1.42. The number of para-hydroxylation sites is 2. The number of aliphatic hydroxyl groups excluding tert-OH is 1. The first kappa shape index (κ1) is 19.9. The number of aromatic amines is 1. The third-order valence-electron chi connectivity index (χ3n) is 4.27. The third-order valence-corrected chi connectivity index (χ3v) is 4.27. The van der Waals surface area contributed by atoms with Crippen molar-refractivity contribution >= 4 is 10.9 Å². The van der Waals surface area contributed by atoms with E-state index in [2.05, 4.69) is 10.3 Å². The van der Waals surface area contributed by atoms with Gasteiger partial charge in [-0.3, -0.25) is 0 Å². The SMILES string of the molecule is COc1ccccc1OCCNC[C@@H](O)COc1c(OC)ccc2[nH]ccc12. The fourth-order valence-corrected chi connectivity index (χ4v) is 2.87. The summed E-state index contributed by atoms with van der Waals surface area (Å²) in [6, 6.07) is 13.2. The molecule has 28 heavy (non-hydrogen) atoms. The summed E-state index contributed by atoms with van der Waals surface area (Å²) < 4.78 is 22.1. The Morgan fingerprint density at radius 1 is 0.964 bits per heavy atom. The number of ether oxygens (including phenoxy) is 4. The summed E-state index contributed by atoms with van der Waals surface area (Å²) in [6.07, 6.45) is 1.18. The van der Waals surface area contributed by atoms with Crippen LogP contribution in [0, 0.1) is 0 Å². The predicted molar refractivity (Wildman–Crippen MR) is 108 cm³/mol. The van der Waals surface area contributed by atoms with E-state index in [1.807, 2.05) is 48.7 Å². The zero-order chi connectivity index (χ0) is 19.8. The zero-order valence-electron chi connectivity index (χ0n) is 16.1. The number of H-pyrrole nitrogens is 1. The van der Waals surface area contributed by atoms with Crippen LogP contribution in [0.1, 0.15) is 0 Å². The molecule has 2 aromatic carbocycles. The summed E-state index contributed by atoms with van der Waals surface area (Å²) in [5.41, 5.74) is 0.955. The van der Waals surface area contributed by atoms with E-state index in [9.17, 15) is 5.11 Å². The first-order chi connectivity index (χ1) is 13.7. The Labute approximate surface area is 164 Å². The lowest BCUT2D eigenvalue weighted by Crippen LogP contribution is -2.33. The molecular formula is C21H26N2O5. The highest BCUT2D eigenvalue weighted by atomic mass is 16.5. The van der Waals surface area contributed by atoms with Crippen LogP contribution in [0.25, 0.3) is 10.9 Å². The topological polar surface area (TPSA) is 85.0 Å². The van der Waals surface area contributed by atoms with Gasteiger partial charge in [0.25, 0.3) is 0 Å². The second-order valence-electron chi connectivity index (χ2n) is 6.20. The van der Waals surface area contributed by atoms with Crippen molar-refractivity contribution in [3.05, 3.63) is 48.7 Å². The van der Waals surface area contributed by atoms with E-state index in [0.717, 1.165) is 10.9 Å². The van der Waals surface area contributed by atoms with Gasteiger partial charge in [-0.2, -0.15) is 0 Å². The molecule has 0 aliphatic rings. The van der Waals surface area contributed by atoms with Crippen LogP contribution in [0.3, 0.4) is 0 Å². The highest BCUT2D eigenvalue weighted by Gasteiger charge is 2.13. The second kappa shape index (κ2) is 9.87. The molecule has 150 valence electrons. The molecule has 1 heterocycles. The van der Waals surface area contributed by atoms with Gasteiger partial charge in [0.05, 0.1) is 14.2 Å². The lowest BCUT2D eigenvalue weighted by atomic mass is 10.2. The molecule has 7 heteroatoms. The number of fused-ring (bicyclic) bond motifs is 1. The van der Waals surface area contributed by atoms with Gasteiger partial charge >= 0.3 is 0 Å². The molecule has 0 aliphatic heterocycles. The number of nitrogens with one attached hydrogen (secondary N) is 2. The molecule has 0 amide bonds. The summed E-state index contributed by atoms with van der Waals surface area (Å²) in [6.45, 7) is 1.60. The molecule has 1 atom stereocenters. The van der Waals surface area contributed by atoms with E-state index in [1.165, 1.54) is 0 Å². The molecule has 1 aromatic heterocycles. The van der Waals surface area contributed by atoms with Crippen molar-refractivity contribution in [3.8, 4) is 23.0 Å². The van der Waals surface area contributed by atoms with Gasteiger partial charge in [0, 0.05) is 30.2 Å². The molecule has 3 rings (SSSR count). The van der Waals surface area contributed by atoms with Crippen LogP contribution in [0.15, 0.2) is 48.7 Å². The largest absolute Gasteiger partial charge is 0.493 e. The number of aromatic nitrogens is 1. The maximum Gasteiger partial charge on any atom is 0.170 e. The fourth-order valence-electron chi connectivity index (χ4n) is 2.87. The minimum atomic E-state index is -0.662. The maximum atomic E-state index is 10.2. The smallest absolute Gasteiger partial charge is 0.170 e. The molecule has 0 aliphatic carbocycles. The normalized spacial score (nSPS) is 12.0. The number of benzene rings is 2. The highest BCUT2D eigenvalue weighted by Crippen LogP contribution is 2.35. The average molecular weight is 386 g/mol. The van der Waals surface area contributed by atoms with Gasteiger partial charge in [-0.1, -0.05) is 12.1 Å². The van der Waals surface area contributed by atoms with Crippen molar-refractivity contribution in [3.63, 3.8) is 0 Å². The molecule has 3 aromatic rings. The highest BCUT2D eigenvalue weighted by molar-refractivity contribution is 5.88. The molecule has 0 spiro atoms. The number of methoxy groups -OCH3 is 2. The molecule has 0 fully saturated rings. The van der Waals surface area contributed by atoms with E-state index < -0.39 is 6.10 Å². The van der Waals surface area contributed by atoms with E-state index in [4.69, 9.17) is 18.9 Å². The van der Waals surface area contributed by atoms with Crippen molar-refractivity contribution < 1.29 is 24.1 Å². The van der Waals surface area contributed by atoms with E-state index in [0.29, 0.717) is 42.7 Å². The first-order valence-corrected chi connectivity index (χ1v) is 9.14. The number of hydrogen-bond acceptors (Lipinski definition) is 6. The number of aliphatic hydroxyl groups is 1. The molecule has 3 N–H and O–H groups in total. The van der Waals surface area contributed by atoms with E-state index >= 15 is 0 Å². The van der Waals surface area contributed by atoms with Gasteiger partial charge in [-0.25, -0.2) is 0 Å². The van der Waals surface area contributed by atoms with Crippen molar-refractivity contribution in [2.24, 2.45) is 0 Å². The third kappa shape index (κ3) is 4.88.